The van der Waals surface area contributed by atoms with Gasteiger partial charge in [0.15, 0.2) is 0 Å². The Morgan fingerprint density at radius 1 is 0.968 bits per heavy atom. The van der Waals surface area contributed by atoms with E-state index >= 15 is 0 Å². The van der Waals surface area contributed by atoms with Crippen LogP contribution in [0.5, 0.6) is 0 Å². The van der Waals surface area contributed by atoms with Gasteiger partial charge < -0.3 is 10.2 Å². The molecule has 0 bridgehead atoms. The minimum Gasteiger partial charge on any atom is -0.342 e. The summed E-state index contributed by atoms with van der Waals surface area (Å²) in [6, 6.07) is 13.6. The lowest BCUT2D eigenvalue weighted by Gasteiger charge is -2.37. The van der Waals surface area contributed by atoms with Crippen LogP contribution in [-0.2, 0) is 22.6 Å². The largest absolute Gasteiger partial charge is 0.342 e. The van der Waals surface area contributed by atoms with Gasteiger partial charge in [0.1, 0.15) is 5.54 Å². The van der Waals surface area contributed by atoms with Crippen LogP contribution in [0.1, 0.15) is 40.7 Å². The van der Waals surface area contributed by atoms with E-state index in [1.165, 1.54) is 4.90 Å². The number of carbonyl (C=O) groups excluding carboxylic acids is 3. The van der Waals surface area contributed by atoms with Gasteiger partial charge >= 0.3 is 6.03 Å². The Bertz CT molecular complexity index is 1040. The molecule has 1 N–H and O–H groups in total. The highest BCUT2D eigenvalue weighted by Gasteiger charge is 2.52. The molecule has 2 aromatic carbocycles. The van der Waals surface area contributed by atoms with Gasteiger partial charge in [-0.3, -0.25) is 14.5 Å². The fourth-order valence-electron chi connectivity index (χ4n) is 4.52. The summed E-state index contributed by atoms with van der Waals surface area (Å²) in [6.07, 6.45) is 1.25. The molecule has 2 fully saturated rings. The van der Waals surface area contributed by atoms with Gasteiger partial charge in [-0.2, -0.15) is 0 Å². The van der Waals surface area contributed by atoms with Crippen LogP contribution in [0.25, 0.3) is 0 Å². The van der Waals surface area contributed by atoms with E-state index in [0.717, 1.165) is 27.8 Å². The van der Waals surface area contributed by atoms with Crippen molar-refractivity contribution in [2.75, 3.05) is 13.1 Å². The molecular formula is C25H29N3O3. The third-order valence-electron chi connectivity index (χ3n) is 6.65. The number of aryl methyl sites for hydroxylation is 3. The van der Waals surface area contributed by atoms with E-state index in [-0.39, 0.29) is 24.4 Å². The lowest BCUT2D eigenvalue weighted by Crippen LogP contribution is -2.56. The van der Waals surface area contributed by atoms with Crippen molar-refractivity contribution in [1.29, 1.82) is 0 Å². The number of rotatable bonds is 4. The van der Waals surface area contributed by atoms with Gasteiger partial charge in [-0.05, 0) is 55.9 Å². The average Bonchev–Trinajstić information content (AvgIpc) is 2.97. The number of piperidine rings is 1. The number of hydrogen-bond donors (Lipinski definition) is 1. The molecule has 0 aromatic heterocycles. The number of likely N-dealkylation sites (tertiary alicyclic amines) is 1. The van der Waals surface area contributed by atoms with E-state index in [2.05, 4.69) is 5.32 Å². The van der Waals surface area contributed by atoms with Crippen LogP contribution >= 0.6 is 0 Å². The molecule has 0 radical (unpaired) electrons. The van der Waals surface area contributed by atoms with Crippen molar-refractivity contribution in [3.05, 3.63) is 70.3 Å². The molecule has 2 aliphatic rings. The molecule has 2 saturated heterocycles. The minimum atomic E-state index is -0.895. The van der Waals surface area contributed by atoms with Crippen molar-refractivity contribution in [2.24, 2.45) is 0 Å². The van der Waals surface area contributed by atoms with Crippen LogP contribution in [-0.4, -0.2) is 46.3 Å². The lowest BCUT2D eigenvalue weighted by molar-refractivity contribution is -0.138. The normalized spacial score (nSPS) is 17.9. The van der Waals surface area contributed by atoms with Gasteiger partial charge in [0, 0.05) is 13.1 Å². The average molecular weight is 420 g/mol. The molecule has 2 aromatic rings. The standard InChI is InChI=1S/C25H29N3O3/c1-17-8-9-19(3)21(14-17)16-28-23(30)25(26-24(28)31)10-12-27(13-11-25)22(29)15-20-7-5-4-6-18(20)2/h4-9,14H,10-13,15-16H2,1-3H3,(H,26,31). The summed E-state index contributed by atoms with van der Waals surface area (Å²) in [7, 11) is 0. The smallest absolute Gasteiger partial charge is 0.325 e. The summed E-state index contributed by atoms with van der Waals surface area (Å²) >= 11 is 0. The Morgan fingerprint density at radius 2 is 1.65 bits per heavy atom. The Hall–Kier alpha value is -3.15. The Morgan fingerprint density at radius 3 is 2.35 bits per heavy atom. The highest BCUT2D eigenvalue weighted by molar-refractivity contribution is 6.07. The highest BCUT2D eigenvalue weighted by Crippen LogP contribution is 2.31. The number of imide groups is 1. The second-order valence-electron chi connectivity index (χ2n) is 8.82. The summed E-state index contributed by atoms with van der Waals surface area (Å²) in [5.41, 5.74) is 4.37. The maximum atomic E-state index is 13.2. The van der Waals surface area contributed by atoms with Crippen molar-refractivity contribution in [3.63, 3.8) is 0 Å². The first-order chi connectivity index (χ1) is 14.8. The van der Waals surface area contributed by atoms with Crippen molar-refractivity contribution in [2.45, 2.75) is 52.1 Å². The third kappa shape index (κ3) is 4.07. The van der Waals surface area contributed by atoms with Gasteiger partial charge in [0.05, 0.1) is 13.0 Å². The predicted molar refractivity (Wildman–Crippen MR) is 118 cm³/mol. The summed E-state index contributed by atoms with van der Waals surface area (Å²) in [4.78, 5) is 41.8. The minimum absolute atomic E-state index is 0.0631. The molecule has 6 heteroatoms. The van der Waals surface area contributed by atoms with E-state index < -0.39 is 5.54 Å². The molecule has 4 rings (SSSR count). The van der Waals surface area contributed by atoms with E-state index in [4.69, 9.17) is 0 Å². The number of urea groups is 1. The summed E-state index contributed by atoms with van der Waals surface area (Å²) in [6.45, 7) is 7.20. The Kier molecular flexibility index (Phi) is 5.56. The fraction of sp³-hybridized carbons (Fsp3) is 0.400. The molecule has 162 valence electrons. The highest BCUT2D eigenvalue weighted by atomic mass is 16.2. The zero-order chi connectivity index (χ0) is 22.2. The van der Waals surface area contributed by atoms with Gasteiger partial charge in [-0.25, -0.2) is 4.79 Å². The first-order valence-electron chi connectivity index (χ1n) is 10.8. The molecule has 0 atom stereocenters. The van der Waals surface area contributed by atoms with Gasteiger partial charge in [0.2, 0.25) is 5.91 Å². The first kappa shape index (κ1) is 21.1. The van der Waals surface area contributed by atoms with Crippen LogP contribution in [0.2, 0.25) is 0 Å². The molecule has 4 amide bonds. The first-order valence-corrected chi connectivity index (χ1v) is 10.8. The number of nitrogens with zero attached hydrogens (tertiary/aromatic N) is 2. The molecule has 0 aliphatic carbocycles. The zero-order valence-corrected chi connectivity index (χ0v) is 18.4. The molecule has 1 spiro atoms. The SMILES string of the molecule is Cc1ccc(C)c(CN2C(=O)NC3(CCN(C(=O)Cc4ccccc4C)CC3)C2=O)c1. The molecule has 6 nitrogen and oxygen atoms in total. The van der Waals surface area contributed by atoms with Crippen LogP contribution in [0, 0.1) is 20.8 Å². The van der Waals surface area contributed by atoms with E-state index in [9.17, 15) is 14.4 Å². The van der Waals surface area contributed by atoms with E-state index in [0.29, 0.717) is 32.4 Å². The summed E-state index contributed by atoms with van der Waals surface area (Å²) in [5.74, 6) is -0.113. The van der Waals surface area contributed by atoms with Crippen molar-refractivity contribution >= 4 is 17.8 Å². The van der Waals surface area contributed by atoms with Crippen LogP contribution in [0.4, 0.5) is 4.79 Å². The molecule has 31 heavy (non-hydrogen) atoms. The maximum absolute atomic E-state index is 13.2. The second kappa shape index (κ2) is 8.17. The van der Waals surface area contributed by atoms with Gasteiger partial charge in [0.25, 0.3) is 5.91 Å². The van der Waals surface area contributed by atoms with Crippen LogP contribution in [0.15, 0.2) is 42.5 Å². The van der Waals surface area contributed by atoms with Crippen LogP contribution in [0.3, 0.4) is 0 Å². The van der Waals surface area contributed by atoms with Crippen LogP contribution < -0.4 is 5.32 Å². The van der Waals surface area contributed by atoms with Crippen molar-refractivity contribution < 1.29 is 14.4 Å². The van der Waals surface area contributed by atoms with Gasteiger partial charge in [-0.15, -0.1) is 0 Å². The predicted octanol–water partition coefficient (Wildman–Crippen LogP) is 3.27. The Balaban J connectivity index is 1.41. The van der Waals surface area contributed by atoms with E-state index in [1.807, 2.05) is 68.1 Å². The number of hydrogen-bond acceptors (Lipinski definition) is 3. The Labute approximate surface area is 183 Å². The fourth-order valence-corrected chi connectivity index (χ4v) is 4.52. The zero-order valence-electron chi connectivity index (χ0n) is 18.4. The van der Waals surface area contributed by atoms with Crippen molar-refractivity contribution in [3.8, 4) is 0 Å². The third-order valence-corrected chi connectivity index (χ3v) is 6.65. The number of carbonyl (C=O) groups is 3. The number of nitrogens with one attached hydrogen (secondary N) is 1. The van der Waals surface area contributed by atoms with Gasteiger partial charge in [-0.1, -0.05) is 48.0 Å². The molecule has 0 unspecified atom stereocenters. The number of benzene rings is 2. The summed E-state index contributed by atoms with van der Waals surface area (Å²) in [5, 5.41) is 2.94. The molecular weight excluding hydrogens is 390 g/mol. The second-order valence-corrected chi connectivity index (χ2v) is 8.82. The van der Waals surface area contributed by atoms with E-state index in [1.54, 1.807) is 0 Å². The monoisotopic (exact) mass is 419 g/mol. The molecule has 2 aliphatic heterocycles. The number of amides is 4. The van der Waals surface area contributed by atoms with Crippen molar-refractivity contribution in [1.82, 2.24) is 15.1 Å². The maximum Gasteiger partial charge on any atom is 0.325 e. The summed E-state index contributed by atoms with van der Waals surface area (Å²) < 4.78 is 0. The lowest BCUT2D eigenvalue weighted by atomic mass is 9.87. The molecule has 2 heterocycles. The topological polar surface area (TPSA) is 69.7 Å². The molecule has 0 saturated carbocycles. The quantitative estimate of drug-likeness (QED) is 0.774.